The topological polar surface area (TPSA) is 66.0 Å². The Morgan fingerprint density at radius 3 is 2.89 bits per heavy atom. The number of pyridine rings is 1. The van der Waals surface area contributed by atoms with Crippen molar-refractivity contribution in [2.45, 2.75) is 19.4 Å². The molecule has 3 rings (SSSR count). The Bertz CT molecular complexity index is 577. The maximum atomic E-state index is 6.03. The van der Waals surface area contributed by atoms with Crippen molar-refractivity contribution in [2.24, 2.45) is 5.92 Å². The van der Waals surface area contributed by atoms with Crippen LogP contribution in [-0.4, -0.2) is 33.2 Å². The summed E-state index contributed by atoms with van der Waals surface area (Å²) in [6.07, 6.45) is 2.49. The molecule has 1 saturated heterocycles. The molecule has 5 nitrogen and oxygen atoms in total. The molecule has 6 heteroatoms. The molecule has 1 aliphatic heterocycles. The van der Waals surface area contributed by atoms with E-state index in [1.165, 1.54) is 24.3 Å². The molecule has 19 heavy (non-hydrogen) atoms. The number of nitrogens with two attached hydrogens (primary N) is 1. The number of rotatable bonds is 3. The number of methoxy groups -OCH3 is 1. The third-order valence-corrected chi connectivity index (χ3v) is 4.64. The predicted molar refractivity (Wildman–Crippen MR) is 78.5 cm³/mol. The lowest BCUT2D eigenvalue weighted by Crippen LogP contribution is -2.17. The molecule has 0 aliphatic carbocycles. The molecule has 102 valence electrons. The number of imidazole rings is 1. The number of hydrogen-bond acceptors (Lipinski definition) is 5. The van der Waals surface area contributed by atoms with Gasteiger partial charge in [-0.15, -0.1) is 0 Å². The summed E-state index contributed by atoms with van der Waals surface area (Å²) in [7, 11) is 1.62. The van der Waals surface area contributed by atoms with E-state index >= 15 is 0 Å². The highest BCUT2D eigenvalue weighted by Gasteiger charge is 2.18. The molecule has 1 aliphatic rings. The lowest BCUT2D eigenvalue weighted by molar-refractivity contribution is 0.396. The molecular formula is C13H18N4OS. The first-order valence-electron chi connectivity index (χ1n) is 6.52. The average Bonchev–Trinajstić information content (AvgIpc) is 2.76. The van der Waals surface area contributed by atoms with Gasteiger partial charge < -0.3 is 10.5 Å². The number of fused-ring (bicyclic) bond motifs is 1. The second-order valence-electron chi connectivity index (χ2n) is 4.83. The fourth-order valence-corrected chi connectivity index (χ4v) is 3.69. The molecule has 0 amide bonds. The van der Waals surface area contributed by atoms with Gasteiger partial charge in [0.2, 0.25) is 11.8 Å². The summed E-state index contributed by atoms with van der Waals surface area (Å²) in [5.41, 5.74) is 7.69. The van der Waals surface area contributed by atoms with Crippen LogP contribution in [-0.2, 0) is 6.54 Å². The lowest BCUT2D eigenvalue weighted by atomic mass is 10.0. The van der Waals surface area contributed by atoms with Crippen LogP contribution in [0.3, 0.4) is 0 Å². The Morgan fingerprint density at radius 2 is 2.16 bits per heavy atom. The second-order valence-corrected chi connectivity index (χ2v) is 6.06. The quantitative estimate of drug-likeness (QED) is 0.932. The second kappa shape index (κ2) is 5.28. The van der Waals surface area contributed by atoms with Gasteiger partial charge in [-0.25, -0.2) is 4.98 Å². The standard InChI is InChI=1S/C13H18N4OS/c1-18-11-3-2-10-12(16-11)17(13(14)15-10)8-9-4-6-19-7-5-9/h2-3,9H,4-8H2,1H3,(H2,14,15). The highest BCUT2D eigenvalue weighted by atomic mass is 32.2. The summed E-state index contributed by atoms with van der Waals surface area (Å²) in [5, 5.41) is 0. The lowest BCUT2D eigenvalue weighted by Gasteiger charge is -2.22. The third-order valence-electron chi connectivity index (χ3n) is 3.59. The van der Waals surface area contributed by atoms with Crippen LogP contribution in [0, 0.1) is 5.92 Å². The monoisotopic (exact) mass is 278 g/mol. The van der Waals surface area contributed by atoms with Gasteiger partial charge in [0, 0.05) is 12.6 Å². The smallest absolute Gasteiger partial charge is 0.215 e. The van der Waals surface area contributed by atoms with E-state index in [0.717, 1.165) is 17.7 Å². The maximum Gasteiger partial charge on any atom is 0.215 e. The molecule has 2 aromatic rings. The predicted octanol–water partition coefficient (Wildman–Crippen LogP) is 2.17. The van der Waals surface area contributed by atoms with Crippen molar-refractivity contribution in [3.63, 3.8) is 0 Å². The Labute approximate surface area is 116 Å². The number of aromatic nitrogens is 3. The summed E-state index contributed by atoms with van der Waals surface area (Å²) in [6, 6.07) is 3.72. The van der Waals surface area contributed by atoms with E-state index in [1.807, 2.05) is 28.5 Å². The molecule has 1 fully saturated rings. The van der Waals surface area contributed by atoms with Gasteiger partial charge >= 0.3 is 0 Å². The Kier molecular flexibility index (Phi) is 3.50. The highest BCUT2D eigenvalue weighted by molar-refractivity contribution is 7.99. The van der Waals surface area contributed by atoms with E-state index in [4.69, 9.17) is 10.5 Å². The Balaban J connectivity index is 1.94. The van der Waals surface area contributed by atoms with Crippen molar-refractivity contribution >= 4 is 28.9 Å². The first-order chi connectivity index (χ1) is 9.28. The van der Waals surface area contributed by atoms with E-state index < -0.39 is 0 Å². The first kappa shape index (κ1) is 12.6. The summed E-state index contributed by atoms with van der Waals surface area (Å²) in [5.74, 6) is 4.32. The minimum absolute atomic E-state index is 0.550. The molecule has 0 bridgehead atoms. The largest absolute Gasteiger partial charge is 0.481 e. The molecular weight excluding hydrogens is 260 g/mol. The normalized spacial score (nSPS) is 16.9. The Hall–Kier alpha value is -1.43. The van der Waals surface area contributed by atoms with Crippen LogP contribution >= 0.6 is 11.8 Å². The molecule has 2 aromatic heterocycles. The van der Waals surface area contributed by atoms with Crippen LogP contribution in [0.25, 0.3) is 11.2 Å². The molecule has 0 radical (unpaired) electrons. The van der Waals surface area contributed by atoms with Crippen LogP contribution in [0.15, 0.2) is 12.1 Å². The first-order valence-corrected chi connectivity index (χ1v) is 7.68. The summed E-state index contributed by atoms with van der Waals surface area (Å²) in [6.45, 7) is 0.906. The number of nitrogen functional groups attached to an aromatic ring is 1. The van der Waals surface area contributed by atoms with Gasteiger partial charge in [0.05, 0.1) is 7.11 Å². The fraction of sp³-hybridized carbons (Fsp3) is 0.538. The van der Waals surface area contributed by atoms with Crippen molar-refractivity contribution in [3.8, 4) is 5.88 Å². The zero-order chi connectivity index (χ0) is 13.2. The van der Waals surface area contributed by atoms with E-state index in [2.05, 4.69) is 9.97 Å². The number of thioether (sulfide) groups is 1. The fourth-order valence-electron chi connectivity index (χ4n) is 2.48. The van der Waals surface area contributed by atoms with Gasteiger partial charge in [-0.1, -0.05) is 0 Å². The Morgan fingerprint density at radius 1 is 1.37 bits per heavy atom. The van der Waals surface area contributed by atoms with E-state index in [0.29, 0.717) is 17.7 Å². The maximum absolute atomic E-state index is 6.03. The van der Waals surface area contributed by atoms with E-state index in [9.17, 15) is 0 Å². The van der Waals surface area contributed by atoms with Crippen LogP contribution < -0.4 is 10.5 Å². The van der Waals surface area contributed by atoms with Crippen molar-refractivity contribution in [3.05, 3.63) is 12.1 Å². The number of ether oxygens (including phenoxy) is 1. The molecule has 0 atom stereocenters. The summed E-state index contributed by atoms with van der Waals surface area (Å²) >= 11 is 2.03. The molecule has 0 unspecified atom stereocenters. The average molecular weight is 278 g/mol. The van der Waals surface area contributed by atoms with Gasteiger partial charge in [-0.2, -0.15) is 16.7 Å². The van der Waals surface area contributed by atoms with Gasteiger partial charge in [0.1, 0.15) is 5.52 Å². The van der Waals surface area contributed by atoms with Crippen molar-refractivity contribution in [1.82, 2.24) is 14.5 Å². The van der Waals surface area contributed by atoms with Crippen LogP contribution in [0.1, 0.15) is 12.8 Å². The van der Waals surface area contributed by atoms with Gasteiger partial charge in [-0.05, 0) is 36.3 Å². The van der Waals surface area contributed by atoms with Crippen LogP contribution in [0.5, 0.6) is 5.88 Å². The highest BCUT2D eigenvalue weighted by Crippen LogP contribution is 2.27. The SMILES string of the molecule is COc1ccc2nc(N)n(CC3CCSCC3)c2n1. The zero-order valence-corrected chi connectivity index (χ0v) is 11.8. The molecule has 0 saturated carbocycles. The molecule has 2 N–H and O–H groups in total. The molecule has 0 aromatic carbocycles. The molecule has 0 spiro atoms. The van der Waals surface area contributed by atoms with Crippen molar-refractivity contribution < 1.29 is 4.74 Å². The molecule has 3 heterocycles. The van der Waals surface area contributed by atoms with E-state index in [1.54, 1.807) is 7.11 Å². The summed E-state index contributed by atoms with van der Waals surface area (Å²) < 4.78 is 7.21. The number of nitrogens with zero attached hydrogens (tertiary/aromatic N) is 3. The van der Waals surface area contributed by atoms with Gasteiger partial charge in [0.25, 0.3) is 0 Å². The number of hydrogen-bond donors (Lipinski definition) is 1. The minimum Gasteiger partial charge on any atom is -0.481 e. The third kappa shape index (κ3) is 2.49. The zero-order valence-electron chi connectivity index (χ0n) is 11.0. The minimum atomic E-state index is 0.550. The van der Waals surface area contributed by atoms with E-state index in [-0.39, 0.29) is 0 Å². The summed E-state index contributed by atoms with van der Waals surface area (Å²) in [4.78, 5) is 8.84. The van der Waals surface area contributed by atoms with Crippen LogP contribution in [0.4, 0.5) is 5.95 Å². The van der Waals surface area contributed by atoms with Crippen molar-refractivity contribution in [2.75, 3.05) is 24.3 Å². The van der Waals surface area contributed by atoms with Crippen LogP contribution in [0.2, 0.25) is 0 Å². The number of anilines is 1. The van der Waals surface area contributed by atoms with Crippen molar-refractivity contribution in [1.29, 1.82) is 0 Å². The van der Waals surface area contributed by atoms with Gasteiger partial charge in [0.15, 0.2) is 5.65 Å². The van der Waals surface area contributed by atoms with Gasteiger partial charge in [-0.3, -0.25) is 4.57 Å².